The number of benzene rings is 2. The van der Waals surface area contributed by atoms with Crippen molar-refractivity contribution in [3.8, 4) is 0 Å². The van der Waals surface area contributed by atoms with Crippen LogP contribution < -0.4 is 10.2 Å². The van der Waals surface area contributed by atoms with Gasteiger partial charge in [-0.3, -0.25) is 19.4 Å². The van der Waals surface area contributed by atoms with Gasteiger partial charge in [0.1, 0.15) is 19.0 Å². The van der Waals surface area contributed by atoms with Crippen LogP contribution in [0.3, 0.4) is 0 Å². The van der Waals surface area contributed by atoms with Crippen molar-refractivity contribution in [2.75, 3.05) is 16.8 Å². The molecule has 7 nitrogen and oxygen atoms in total. The molecule has 0 spiro atoms. The van der Waals surface area contributed by atoms with Crippen molar-refractivity contribution in [2.24, 2.45) is 0 Å². The highest BCUT2D eigenvalue weighted by Crippen LogP contribution is 2.29. The van der Waals surface area contributed by atoms with Gasteiger partial charge in [-0.2, -0.15) is 0 Å². The fourth-order valence-electron chi connectivity index (χ4n) is 3.34. The van der Waals surface area contributed by atoms with Gasteiger partial charge in [-0.1, -0.05) is 18.2 Å². The van der Waals surface area contributed by atoms with Crippen LogP contribution in [-0.4, -0.2) is 29.3 Å². The normalized spacial score (nSPS) is 13.0. The van der Waals surface area contributed by atoms with Gasteiger partial charge >= 0.3 is 5.97 Å². The second-order valence-corrected chi connectivity index (χ2v) is 6.81. The largest absolute Gasteiger partial charge is 0.461 e. The Labute approximate surface area is 171 Å². The number of carbonyl (C=O) groups excluding carboxylic acids is 3. The third kappa shape index (κ3) is 3.98. The van der Waals surface area contributed by atoms with Gasteiger partial charge in [-0.05, 0) is 30.3 Å². The van der Waals surface area contributed by atoms with Crippen LogP contribution >= 0.6 is 0 Å². The molecule has 1 aromatic heterocycles. The maximum atomic E-state index is 13.9. The minimum Gasteiger partial charge on any atom is -0.461 e. The van der Waals surface area contributed by atoms with E-state index in [1.807, 2.05) is 0 Å². The Morgan fingerprint density at radius 3 is 2.80 bits per heavy atom. The number of para-hydroxylation sites is 2. The summed E-state index contributed by atoms with van der Waals surface area (Å²) in [6.07, 6.45) is 1.31. The van der Waals surface area contributed by atoms with Crippen LogP contribution in [0.4, 0.5) is 15.8 Å². The lowest BCUT2D eigenvalue weighted by molar-refractivity contribution is -0.146. The molecule has 0 atom stereocenters. The lowest BCUT2D eigenvalue weighted by Gasteiger charge is -2.29. The van der Waals surface area contributed by atoms with Crippen molar-refractivity contribution in [3.05, 3.63) is 66.1 Å². The predicted octanol–water partition coefficient (Wildman–Crippen LogP) is 3.18. The van der Waals surface area contributed by atoms with Crippen LogP contribution in [0.1, 0.15) is 18.4 Å². The quantitative estimate of drug-likeness (QED) is 0.657. The highest BCUT2D eigenvalue weighted by molar-refractivity contribution is 6.10. The predicted molar refractivity (Wildman–Crippen MR) is 108 cm³/mol. The molecule has 3 aromatic rings. The molecule has 2 aromatic carbocycles. The van der Waals surface area contributed by atoms with E-state index in [-0.39, 0.29) is 37.8 Å². The van der Waals surface area contributed by atoms with Crippen molar-refractivity contribution < 1.29 is 23.5 Å². The number of nitrogens with zero attached hydrogens (tertiary/aromatic N) is 2. The van der Waals surface area contributed by atoms with Gasteiger partial charge in [0.05, 0.1) is 23.3 Å². The van der Waals surface area contributed by atoms with Gasteiger partial charge in [-0.15, -0.1) is 0 Å². The summed E-state index contributed by atoms with van der Waals surface area (Å²) < 4.78 is 19.1. The summed E-state index contributed by atoms with van der Waals surface area (Å²) in [5.74, 6) is -1.60. The molecule has 0 aliphatic carbocycles. The number of aromatic nitrogens is 1. The van der Waals surface area contributed by atoms with E-state index in [1.54, 1.807) is 42.6 Å². The van der Waals surface area contributed by atoms with Crippen LogP contribution in [0.15, 0.2) is 54.7 Å². The first kappa shape index (κ1) is 19.5. The lowest BCUT2D eigenvalue weighted by Crippen LogP contribution is -2.42. The van der Waals surface area contributed by atoms with Crippen molar-refractivity contribution in [3.63, 3.8) is 0 Å². The summed E-state index contributed by atoms with van der Waals surface area (Å²) >= 11 is 0. The molecule has 1 aliphatic heterocycles. The second-order valence-electron chi connectivity index (χ2n) is 6.81. The molecular formula is C22H18FN3O4. The first-order valence-corrected chi connectivity index (χ1v) is 9.40. The second kappa shape index (κ2) is 8.28. The Balaban J connectivity index is 1.36. The van der Waals surface area contributed by atoms with Crippen LogP contribution in [0.25, 0.3) is 10.9 Å². The number of hydrogen-bond donors (Lipinski definition) is 1. The maximum Gasteiger partial charge on any atom is 0.306 e. The van der Waals surface area contributed by atoms with Crippen LogP contribution in [-0.2, 0) is 25.7 Å². The summed E-state index contributed by atoms with van der Waals surface area (Å²) in [6, 6.07) is 13.0. The number of fused-ring (bicyclic) bond motifs is 2. The zero-order valence-electron chi connectivity index (χ0n) is 15.9. The number of pyridine rings is 1. The van der Waals surface area contributed by atoms with E-state index in [0.717, 1.165) is 0 Å². The third-order valence-corrected chi connectivity index (χ3v) is 4.80. The van der Waals surface area contributed by atoms with E-state index < -0.39 is 11.8 Å². The maximum absolute atomic E-state index is 13.9. The molecule has 0 radical (unpaired) electrons. The summed E-state index contributed by atoms with van der Waals surface area (Å²) in [5.41, 5.74) is 2.16. The summed E-state index contributed by atoms with van der Waals surface area (Å²) in [4.78, 5) is 42.1. The molecule has 0 bridgehead atoms. The highest BCUT2D eigenvalue weighted by Gasteiger charge is 2.26. The molecule has 2 heterocycles. The first-order chi connectivity index (χ1) is 14.5. The fourth-order valence-corrected chi connectivity index (χ4v) is 3.34. The monoisotopic (exact) mass is 407 g/mol. The van der Waals surface area contributed by atoms with E-state index >= 15 is 0 Å². The number of amides is 2. The van der Waals surface area contributed by atoms with Crippen molar-refractivity contribution in [1.82, 2.24) is 4.98 Å². The molecule has 2 amide bonds. The Bertz CT molecular complexity index is 1150. The molecule has 0 saturated heterocycles. The standard InChI is InChI=1S/C22H18FN3O4/c23-16-8-7-14(22-15(16)4-3-11-24-22)13-30-21(29)10-9-20(28)26-12-19(27)25-17-5-1-2-6-18(17)26/h1-8,11H,9-10,12-13H2,(H,25,27). The average molecular weight is 407 g/mol. The van der Waals surface area contributed by atoms with Crippen molar-refractivity contribution >= 4 is 40.1 Å². The zero-order valence-corrected chi connectivity index (χ0v) is 15.9. The molecule has 8 heteroatoms. The number of halogens is 1. The molecule has 0 unspecified atom stereocenters. The van der Waals surface area contributed by atoms with E-state index in [9.17, 15) is 18.8 Å². The number of anilines is 2. The Hall–Kier alpha value is -3.81. The number of carbonyl (C=O) groups is 3. The van der Waals surface area contributed by atoms with Gasteiger partial charge < -0.3 is 15.0 Å². The minimum absolute atomic E-state index is 0.0736. The van der Waals surface area contributed by atoms with E-state index in [2.05, 4.69) is 10.3 Å². The van der Waals surface area contributed by atoms with Crippen LogP contribution in [0.5, 0.6) is 0 Å². The van der Waals surface area contributed by atoms with Crippen molar-refractivity contribution in [1.29, 1.82) is 0 Å². The Kier molecular flexibility index (Phi) is 5.38. The van der Waals surface area contributed by atoms with E-state index in [1.165, 1.54) is 17.0 Å². The van der Waals surface area contributed by atoms with Gasteiger partial charge in [0.25, 0.3) is 0 Å². The number of hydrogen-bond acceptors (Lipinski definition) is 5. The number of ether oxygens (including phenoxy) is 1. The molecule has 152 valence electrons. The minimum atomic E-state index is -0.563. The Morgan fingerprint density at radius 1 is 1.10 bits per heavy atom. The molecule has 1 N–H and O–H groups in total. The summed E-state index contributed by atoms with van der Waals surface area (Å²) in [6.45, 7) is -0.173. The lowest BCUT2D eigenvalue weighted by atomic mass is 10.1. The fraction of sp³-hybridized carbons (Fsp3) is 0.182. The van der Waals surface area contributed by atoms with Gasteiger partial charge in [0.2, 0.25) is 11.8 Å². The highest BCUT2D eigenvalue weighted by atomic mass is 19.1. The zero-order chi connectivity index (χ0) is 21.1. The molecule has 4 rings (SSSR count). The molecule has 1 aliphatic rings. The molecular weight excluding hydrogens is 389 g/mol. The van der Waals surface area contributed by atoms with Gasteiger partial charge in [-0.25, -0.2) is 4.39 Å². The van der Waals surface area contributed by atoms with E-state index in [4.69, 9.17) is 4.74 Å². The topological polar surface area (TPSA) is 88.6 Å². The average Bonchev–Trinajstić information content (AvgIpc) is 2.76. The van der Waals surface area contributed by atoms with Gasteiger partial charge in [0.15, 0.2) is 0 Å². The smallest absolute Gasteiger partial charge is 0.306 e. The molecule has 0 saturated carbocycles. The van der Waals surface area contributed by atoms with Crippen LogP contribution in [0, 0.1) is 5.82 Å². The summed E-state index contributed by atoms with van der Waals surface area (Å²) in [5, 5.41) is 3.06. The first-order valence-electron chi connectivity index (χ1n) is 9.40. The molecule has 30 heavy (non-hydrogen) atoms. The third-order valence-electron chi connectivity index (χ3n) is 4.80. The van der Waals surface area contributed by atoms with Crippen molar-refractivity contribution in [2.45, 2.75) is 19.4 Å². The number of nitrogens with one attached hydrogen (secondary N) is 1. The summed E-state index contributed by atoms with van der Waals surface area (Å²) in [7, 11) is 0. The van der Waals surface area contributed by atoms with Crippen LogP contribution in [0.2, 0.25) is 0 Å². The number of rotatable bonds is 5. The SMILES string of the molecule is O=C1CN(C(=O)CCC(=O)OCc2ccc(F)c3cccnc23)c2ccccc2N1. The molecule has 0 fully saturated rings. The van der Waals surface area contributed by atoms with E-state index in [0.29, 0.717) is 27.8 Å². The number of esters is 1. The van der Waals surface area contributed by atoms with Gasteiger partial charge in [0, 0.05) is 23.6 Å². The Morgan fingerprint density at radius 2 is 1.93 bits per heavy atom.